The third-order valence-electron chi connectivity index (χ3n) is 4.93. The van der Waals surface area contributed by atoms with Crippen LogP contribution in [0.5, 0.6) is 0 Å². The highest BCUT2D eigenvalue weighted by Gasteiger charge is 2.41. The largest absolute Gasteiger partial charge is 0.459 e. The summed E-state index contributed by atoms with van der Waals surface area (Å²) >= 11 is 0. The highest BCUT2D eigenvalue weighted by atomic mass is 31.2. The summed E-state index contributed by atoms with van der Waals surface area (Å²) in [5, 5.41) is 0. The lowest BCUT2D eigenvalue weighted by Crippen LogP contribution is -2.32. The van der Waals surface area contributed by atoms with E-state index in [-0.39, 0.29) is 18.6 Å². The molecule has 0 aromatic heterocycles. The Bertz CT molecular complexity index is 981. The highest BCUT2D eigenvalue weighted by molar-refractivity contribution is 7.41. The number of halogens is 3. The Morgan fingerprint density at radius 2 is 1.56 bits per heavy atom. The normalized spacial score (nSPS) is 19.9. The third kappa shape index (κ3) is 7.97. The van der Waals surface area contributed by atoms with Crippen LogP contribution in [0.25, 0.3) is 0 Å². The molecule has 0 spiro atoms. The smallest absolute Gasteiger partial charge is 0.416 e. The Kier molecular flexibility index (Phi) is 10.2. The molecule has 36 heavy (non-hydrogen) atoms. The van der Waals surface area contributed by atoms with E-state index in [0.717, 1.165) is 24.3 Å². The SMILES string of the molecule is CCOP(OCC)OC1C[C@H](OC(=O)c2ccc(C(F)(F)F)cc2)[C@@H](COC(=O)c2ccccc2)O1. The van der Waals surface area contributed by atoms with Crippen LogP contribution in [0.3, 0.4) is 0 Å². The van der Waals surface area contributed by atoms with Gasteiger partial charge in [-0.2, -0.15) is 13.2 Å². The summed E-state index contributed by atoms with van der Waals surface area (Å²) in [6.07, 6.45) is -7.15. The second-order valence-electron chi connectivity index (χ2n) is 7.49. The van der Waals surface area contributed by atoms with Crippen LogP contribution in [-0.2, 0) is 34.0 Å². The van der Waals surface area contributed by atoms with Crippen molar-refractivity contribution in [2.24, 2.45) is 0 Å². The number of ether oxygens (including phenoxy) is 3. The van der Waals surface area contributed by atoms with Gasteiger partial charge < -0.3 is 23.3 Å². The number of rotatable bonds is 11. The standard InChI is InChI=1S/C24H26F3O8P/c1-3-31-36(32-4-2)35-21-14-19(20(33-21)15-30-22(28)16-8-6-5-7-9-16)34-23(29)17-10-12-18(13-11-17)24(25,26)27/h5-13,19-21H,3-4,14-15H2,1-2H3/t19-,20+,21?/m0/s1. The fraction of sp³-hybridized carbons (Fsp3) is 0.417. The maximum atomic E-state index is 12.8. The van der Waals surface area contributed by atoms with Gasteiger partial charge in [-0.25, -0.2) is 9.59 Å². The molecular formula is C24H26F3O8P. The van der Waals surface area contributed by atoms with Crippen molar-refractivity contribution in [1.82, 2.24) is 0 Å². The van der Waals surface area contributed by atoms with Crippen LogP contribution < -0.4 is 0 Å². The van der Waals surface area contributed by atoms with Gasteiger partial charge in [0.15, 0.2) is 6.29 Å². The molecule has 1 heterocycles. The van der Waals surface area contributed by atoms with Gasteiger partial charge >= 0.3 is 26.7 Å². The quantitative estimate of drug-likeness (QED) is 0.277. The van der Waals surface area contributed by atoms with Crippen molar-refractivity contribution in [3.8, 4) is 0 Å². The number of esters is 2. The van der Waals surface area contributed by atoms with E-state index in [1.165, 1.54) is 0 Å². The summed E-state index contributed by atoms with van der Waals surface area (Å²) in [5.41, 5.74) is -0.626. The van der Waals surface area contributed by atoms with Crippen LogP contribution in [0.4, 0.5) is 13.2 Å². The Morgan fingerprint density at radius 1 is 0.944 bits per heavy atom. The third-order valence-corrected chi connectivity index (χ3v) is 6.28. The van der Waals surface area contributed by atoms with Gasteiger partial charge in [0, 0.05) is 6.42 Å². The molecule has 0 N–H and O–H groups in total. The van der Waals surface area contributed by atoms with Gasteiger partial charge in [0.1, 0.15) is 18.8 Å². The van der Waals surface area contributed by atoms with E-state index in [9.17, 15) is 22.8 Å². The van der Waals surface area contributed by atoms with E-state index in [0.29, 0.717) is 18.8 Å². The maximum Gasteiger partial charge on any atom is 0.416 e. The van der Waals surface area contributed by atoms with Crippen molar-refractivity contribution < 1.29 is 50.5 Å². The zero-order valence-electron chi connectivity index (χ0n) is 19.6. The topological polar surface area (TPSA) is 89.5 Å². The first kappa shape index (κ1) is 28.0. The van der Waals surface area contributed by atoms with Gasteiger partial charge in [-0.1, -0.05) is 18.2 Å². The molecule has 3 atom stereocenters. The van der Waals surface area contributed by atoms with Crippen LogP contribution in [-0.4, -0.2) is 50.3 Å². The fourth-order valence-corrected chi connectivity index (χ4v) is 4.18. The number of carbonyl (C=O) groups is 2. The molecule has 1 aliphatic rings. The van der Waals surface area contributed by atoms with Crippen molar-refractivity contribution >= 4 is 20.5 Å². The molecule has 1 saturated heterocycles. The van der Waals surface area contributed by atoms with Gasteiger partial charge in [-0.15, -0.1) is 0 Å². The predicted molar refractivity (Wildman–Crippen MR) is 122 cm³/mol. The lowest BCUT2D eigenvalue weighted by atomic mass is 10.1. The van der Waals surface area contributed by atoms with Crippen molar-refractivity contribution in [3.63, 3.8) is 0 Å². The Morgan fingerprint density at radius 3 is 2.14 bits per heavy atom. The molecule has 0 aliphatic carbocycles. The predicted octanol–water partition coefficient (Wildman–Crippen LogP) is 5.52. The molecule has 0 bridgehead atoms. The minimum Gasteiger partial charge on any atom is -0.459 e. The Hall–Kier alpha value is -2.56. The molecule has 2 aromatic rings. The lowest BCUT2D eigenvalue weighted by molar-refractivity contribution is -0.137. The fourth-order valence-electron chi connectivity index (χ4n) is 3.24. The molecular weight excluding hydrogens is 504 g/mol. The van der Waals surface area contributed by atoms with E-state index in [2.05, 4.69) is 0 Å². The molecule has 0 saturated carbocycles. The second-order valence-corrected chi connectivity index (χ2v) is 8.66. The summed E-state index contributed by atoms with van der Waals surface area (Å²) in [6, 6.07) is 12.0. The van der Waals surface area contributed by atoms with E-state index >= 15 is 0 Å². The highest BCUT2D eigenvalue weighted by Crippen LogP contribution is 2.43. The Labute approximate surface area is 207 Å². The van der Waals surface area contributed by atoms with Crippen LogP contribution in [0, 0.1) is 0 Å². The number of benzene rings is 2. The van der Waals surface area contributed by atoms with Gasteiger partial charge in [0.25, 0.3) is 0 Å². The maximum absolute atomic E-state index is 12.8. The van der Waals surface area contributed by atoms with Crippen molar-refractivity contribution in [2.75, 3.05) is 19.8 Å². The van der Waals surface area contributed by atoms with Crippen LogP contribution >= 0.6 is 8.60 Å². The number of hydrogen-bond donors (Lipinski definition) is 0. The first-order valence-electron chi connectivity index (χ1n) is 11.2. The van der Waals surface area contributed by atoms with Gasteiger partial charge in [-0.05, 0) is 50.2 Å². The summed E-state index contributed by atoms with van der Waals surface area (Å²) in [4.78, 5) is 25.0. The van der Waals surface area contributed by atoms with E-state index < -0.39 is 50.8 Å². The minimum absolute atomic E-state index is 0.0684. The zero-order valence-corrected chi connectivity index (χ0v) is 20.5. The summed E-state index contributed by atoms with van der Waals surface area (Å²) in [6.45, 7) is 3.97. The first-order valence-corrected chi connectivity index (χ1v) is 12.3. The molecule has 1 fully saturated rings. The van der Waals surface area contributed by atoms with Gasteiger partial charge in [-0.3, -0.25) is 4.52 Å². The number of alkyl halides is 3. The molecule has 12 heteroatoms. The molecule has 3 rings (SSSR count). The van der Waals surface area contributed by atoms with E-state index in [1.807, 2.05) is 0 Å². The first-order chi connectivity index (χ1) is 17.2. The van der Waals surface area contributed by atoms with Crippen LogP contribution in [0.15, 0.2) is 54.6 Å². The lowest BCUT2D eigenvalue weighted by Gasteiger charge is -2.20. The minimum atomic E-state index is -4.53. The van der Waals surface area contributed by atoms with Gasteiger partial charge in [0.2, 0.25) is 0 Å². The summed E-state index contributed by atoms with van der Waals surface area (Å²) in [7, 11) is -1.73. The molecule has 1 unspecified atom stereocenters. The molecule has 196 valence electrons. The average Bonchev–Trinajstić information content (AvgIpc) is 3.23. The number of hydrogen-bond acceptors (Lipinski definition) is 8. The van der Waals surface area contributed by atoms with E-state index in [4.69, 9.17) is 27.8 Å². The monoisotopic (exact) mass is 530 g/mol. The van der Waals surface area contributed by atoms with Crippen LogP contribution in [0.1, 0.15) is 46.5 Å². The van der Waals surface area contributed by atoms with Crippen molar-refractivity contribution in [1.29, 1.82) is 0 Å². The van der Waals surface area contributed by atoms with Gasteiger partial charge in [0.05, 0.1) is 29.9 Å². The summed E-state index contributed by atoms with van der Waals surface area (Å²) < 4.78 is 71.7. The zero-order chi connectivity index (χ0) is 26.1. The molecule has 0 amide bonds. The molecule has 0 radical (unpaired) electrons. The Balaban J connectivity index is 1.68. The van der Waals surface area contributed by atoms with Crippen molar-refractivity contribution in [2.45, 2.75) is 44.9 Å². The van der Waals surface area contributed by atoms with Crippen LogP contribution in [0.2, 0.25) is 0 Å². The number of carbonyl (C=O) groups excluding carboxylic acids is 2. The second kappa shape index (κ2) is 13.1. The average molecular weight is 530 g/mol. The molecule has 8 nitrogen and oxygen atoms in total. The van der Waals surface area contributed by atoms with Crippen molar-refractivity contribution in [3.05, 3.63) is 71.3 Å². The van der Waals surface area contributed by atoms with E-state index in [1.54, 1.807) is 44.2 Å². The molecule has 2 aromatic carbocycles. The summed E-state index contributed by atoms with van der Waals surface area (Å²) in [5.74, 6) is -1.45. The molecule has 1 aliphatic heterocycles.